The van der Waals surface area contributed by atoms with Crippen molar-refractivity contribution in [2.75, 3.05) is 49.5 Å². The molecule has 3 heterocycles. The Labute approximate surface area is 189 Å². The molecule has 10 nitrogen and oxygen atoms in total. The Hall–Kier alpha value is -2.88. The summed E-state index contributed by atoms with van der Waals surface area (Å²) < 4.78 is 5.24. The maximum absolute atomic E-state index is 11.9. The molecule has 1 aromatic rings. The summed E-state index contributed by atoms with van der Waals surface area (Å²) in [7, 11) is 0. The SMILES string of the molecule is CC(C)(C)OC(=O)NCCCN1CCN(c2ccc(NC3CCC(=O)NC3=O)cn2)CC1. The molecule has 0 bridgehead atoms. The van der Waals surface area contributed by atoms with Crippen molar-refractivity contribution in [2.45, 2.75) is 51.7 Å². The van der Waals surface area contributed by atoms with E-state index in [1.165, 1.54) is 0 Å². The van der Waals surface area contributed by atoms with E-state index >= 15 is 0 Å². The van der Waals surface area contributed by atoms with Crippen LogP contribution in [0.25, 0.3) is 0 Å². The molecule has 3 rings (SSSR count). The zero-order valence-electron chi connectivity index (χ0n) is 19.1. The van der Waals surface area contributed by atoms with E-state index in [4.69, 9.17) is 4.74 Å². The monoisotopic (exact) mass is 446 g/mol. The van der Waals surface area contributed by atoms with Crippen LogP contribution in [0.2, 0.25) is 0 Å². The van der Waals surface area contributed by atoms with Gasteiger partial charge in [-0.05, 0) is 52.3 Å². The molecule has 1 aromatic heterocycles. The molecule has 2 aliphatic rings. The van der Waals surface area contributed by atoms with Gasteiger partial charge in [0.25, 0.3) is 0 Å². The van der Waals surface area contributed by atoms with Gasteiger partial charge in [-0.3, -0.25) is 19.8 Å². The molecule has 3 N–H and O–H groups in total. The van der Waals surface area contributed by atoms with Crippen molar-refractivity contribution in [2.24, 2.45) is 0 Å². The maximum Gasteiger partial charge on any atom is 0.407 e. The van der Waals surface area contributed by atoms with Crippen molar-refractivity contribution < 1.29 is 19.1 Å². The lowest BCUT2D eigenvalue weighted by Crippen LogP contribution is -2.47. The highest BCUT2D eigenvalue weighted by atomic mass is 16.6. The molecular weight excluding hydrogens is 412 g/mol. The number of aromatic nitrogens is 1. The van der Waals surface area contributed by atoms with Gasteiger partial charge in [0.1, 0.15) is 17.5 Å². The summed E-state index contributed by atoms with van der Waals surface area (Å²) in [6, 6.07) is 3.46. The standard InChI is InChI=1S/C22H34N6O4/c1-22(2,3)32-21(31)23-9-4-10-27-11-13-28(14-12-27)18-7-5-16(15-24-18)25-17-6-8-19(29)26-20(17)30/h5,7,15,17,25H,4,6,8-14H2,1-3H3,(H,23,31)(H,26,29,30). The number of piperazine rings is 1. The lowest BCUT2D eigenvalue weighted by Gasteiger charge is -2.35. The van der Waals surface area contributed by atoms with E-state index in [1.807, 2.05) is 32.9 Å². The molecule has 0 saturated carbocycles. The molecule has 0 radical (unpaired) electrons. The number of anilines is 2. The molecule has 1 unspecified atom stereocenters. The fourth-order valence-corrected chi connectivity index (χ4v) is 3.70. The normalized spacial score (nSPS) is 20.0. The fourth-order valence-electron chi connectivity index (χ4n) is 3.70. The first-order valence-electron chi connectivity index (χ1n) is 11.2. The van der Waals surface area contributed by atoms with Gasteiger partial charge in [0.2, 0.25) is 11.8 Å². The van der Waals surface area contributed by atoms with Crippen molar-refractivity contribution in [1.29, 1.82) is 0 Å². The van der Waals surface area contributed by atoms with Gasteiger partial charge in [-0.1, -0.05) is 0 Å². The summed E-state index contributed by atoms with van der Waals surface area (Å²) >= 11 is 0. The van der Waals surface area contributed by atoms with Crippen molar-refractivity contribution in [3.05, 3.63) is 18.3 Å². The van der Waals surface area contributed by atoms with Crippen molar-refractivity contribution in [1.82, 2.24) is 20.5 Å². The molecule has 0 aliphatic carbocycles. The van der Waals surface area contributed by atoms with E-state index in [2.05, 4.69) is 30.7 Å². The number of ether oxygens (including phenoxy) is 1. The van der Waals surface area contributed by atoms with Gasteiger partial charge in [-0.15, -0.1) is 0 Å². The topological polar surface area (TPSA) is 116 Å². The first-order chi connectivity index (χ1) is 15.2. The van der Waals surface area contributed by atoms with Gasteiger partial charge < -0.3 is 20.3 Å². The number of alkyl carbamates (subject to hydrolysis) is 1. The second kappa shape index (κ2) is 10.6. The zero-order chi connectivity index (χ0) is 23.1. The summed E-state index contributed by atoms with van der Waals surface area (Å²) in [4.78, 5) is 44.0. The number of nitrogens with one attached hydrogen (secondary N) is 3. The summed E-state index contributed by atoms with van der Waals surface area (Å²) in [6.07, 6.45) is 3.06. The Morgan fingerprint density at radius 1 is 1.22 bits per heavy atom. The van der Waals surface area contributed by atoms with E-state index < -0.39 is 11.6 Å². The lowest BCUT2D eigenvalue weighted by molar-refractivity contribution is -0.133. The predicted molar refractivity (Wildman–Crippen MR) is 122 cm³/mol. The molecule has 0 aromatic carbocycles. The van der Waals surface area contributed by atoms with Crippen LogP contribution in [0, 0.1) is 0 Å². The number of hydrogen-bond donors (Lipinski definition) is 3. The highest BCUT2D eigenvalue weighted by molar-refractivity contribution is 6.01. The minimum absolute atomic E-state index is 0.222. The third-order valence-electron chi connectivity index (χ3n) is 5.34. The average Bonchev–Trinajstić information content (AvgIpc) is 2.73. The van der Waals surface area contributed by atoms with Crippen LogP contribution in [-0.4, -0.2) is 78.7 Å². The zero-order valence-corrected chi connectivity index (χ0v) is 19.1. The van der Waals surface area contributed by atoms with Crippen molar-refractivity contribution in [3.8, 4) is 0 Å². The number of hydrogen-bond acceptors (Lipinski definition) is 8. The third kappa shape index (κ3) is 7.37. The minimum Gasteiger partial charge on any atom is -0.444 e. The average molecular weight is 447 g/mol. The van der Waals surface area contributed by atoms with Gasteiger partial charge >= 0.3 is 6.09 Å². The van der Waals surface area contributed by atoms with Gasteiger partial charge in [-0.25, -0.2) is 9.78 Å². The molecule has 1 atom stereocenters. The molecule has 2 saturated heterocycles. The Morgan fingerprint density at radius 3 is 2.59 bits per heavy atom. The van der Waals surface area contributed by atoms with Crippen molar-refractivity contribution >= 4 is 29.4 Å². The Kier molecular flexibility index (Phi) is 7.89. The lowest BCUT2D eigenvalue weighted by atomic mass is 10.1. The molecule has 10 heteroatoms. The van der Waals surface area contributed by atoms with Crippen LogP contribution in [0.15, 0.2) is 18.3 Å². The number of rotatable bonds is 7. The number of nitrogens with zero attached hydrogens (tertiary/aromatic N) is 3. The predicted octanol–water partition coefficient (Wildman–Crippen LogP) is 1.34. The van der Waals surface area contributed by atoms with E-state index in [-0.39, 0.29) is 17.9 Å². The van der Waals surface area contributed by atoms with Crippen LogP contribution < -0.4 is 20.9 Å². The van der Waals surface area contributed by atoms with Gasteiger partial charge in [0.15, 0.2) is 0 Å². The molecular formula is C22H34N6O4. The number of carbonyl (C=O) groups excluding carboxylic acids is 3. The van der Waals surface area contributed by atoms with Crippen LogP contribution in [-0.2, 0) is 14.3 Å². The third-order valence-corrected chi connectivity index (χ3v) is 5.34. The van der Waals surface area contributed by atoms with E-state index in [1.54, 1.807) is 6.20 Å². The summed E-state index contributed by atoms with van der Waals surface area (Å²) in [5, 5.41) is 8.29. The molecule has 2 aliphatic heterocycles. The number of piperidine rings is 1. The Morgan fingerprint density at radius 2 is 1.97 bits per heavy atom. The summed E-state index contributed by atoms with van der Waals surface area (Å²) in [5.41, 5.74) is 0.285. The maximum atomic E-state index is 11.9. The quantitative estimate of drug-likeness (QED) is 0.424. The molecule has 32 heavy (non-hydrogen) atoms. The number of amides is 3. The highest BCUT2D eigenvalue weighted by Crippen LogP contribution is 2.18. The molecule has 0 spiro atoms. The van der Waals surface area contributed by atoms with Crippen LogP contribution in [0.3, 0.4) is 0 Å². The molecule has 176 valence electrons. The Balaban J connectivity index is 1.35. The number of pyridine rings is 1. The molecule has 2 fully saturated rings. The van der Waals surface area contributed by atoms with Gasteiger partial charge in [0, 0.05) is 39.1 Å². The van der Waals surface area contributed by atoms with Gasteiger partial charge in [0.05, 0.1) is 11.9 Å². The van der Waals surface area contributed by atoms with Gasteiger partial charge in [-0.2, -0.15) is 0 Å². The first kappa shape index (κ1) is 23.8. The second-order valence-corrected chi connectivity index (χ2v) is 9.16. The van der Waals surface area contributed by atoms with Crippen molar-refractivity contribution in [3.63, 3.8) is 0 Å². The van der Waals surface area contributed by atoms with E-state index in [0.717, 1.165) is 50.6 Å². The second-order valence-electron chi connectivity index (χ2n) is 9.16. The van der Waals surface area contributed by atoms with E-state index in [9.17, 15) is 14.4 Å². The van der Waals surface area contributed by atoms with Crippen LogP contribution in [0.5, 0.6) is 0 Å². The summed E-state index contributed by atoms with van der Waals surface area (Å²) in [5.74, 6) is 0.396. The Bertz CT molecular complexity index is 800. The first-order valence-corrected chi connectivity index (χ1v) is 11.2. The largest absolute Gasteiger partial charge is 0.444 e. The smallest absolute Gasteiger partial charge is 0.407 e. The highest BCUT2D eigenvalue weighted by Gasteiger charge is 2.26. The molecule has 3 amide bonds. The summed E-state index contributed by atoms with van der Waals surface area (Å²) in [6.45, 7) is 10.7. The van der Waals surface area contributed by atoms with Crippen LogP contribution in [0.1, 0.15) is 40.0 Å². The van der Waals surface area contributed by atoms with Crippen LogP contribution >= 0.6 is 0 Å². The number of carbonyl (C=O) groups is 3. The minimum atomic E-state index is -0.479. The number of imide groups is 1. The van der Waals surface area contributed by atoms with E-state index in [0.29, 0.717) is 19.4 Å². The van der Waals surface area contributed by atoms with Crippen LogP contribution in [0.4, 0.5) is 16.3 Å². The fraction of sp³-hybridized carbons (Fsp3) is 0.636.